The lowest BCUT2D eigenvalue weighted by atomic mass is 10.0. The molecular formula is C16H22O3. The summed E-state index contributed by atoms with van der Waals surface area (Å²) in [6.07, 6.45) is 0. The first-order valence-electron chi connectivity index (χ1n) is 6.54. The Morgan fingerprint density at radius 1 is 1.37 bits per heavy atom. The van der Waals surface area contributed by atoms with Crippen molar-refractivity contribution in [2.45, 2.75) is 33.6 Å². The van der Waals surface area contributed by atoms with E-state index >= 15 is 0 Å². The van der Waals surface area contributed by atoms with E-state index in [9.17, 15) is 4.79 Å². The lowest BCUT2D eigenvalue weighted by molar-refractivity contribution is -0.138. The van der Waals surface area contributed by atoms with E-state index in [1.807, 2.05) is 19.1 Å². The summed E-state index contributed by atoms with van der Waals surface area (Å²) in [4.78, 5) is 11.4. The maximum Gasteiger partial charge on any atom is 0.336 e. The first-order valence-corrected chi connectivity index (χ1v) is 6.54. The standard InChI is InChI=1S/C16H22O3/c1-6-18-16(17)13(5)10-19-15-9-14(11(2)3)8-7-12(15)4/h7-9,11H,5-6,10H2,1-4H3. The van der Waals surface area contributed by atoms with Gasteiger partial charge in [-0.2, -0.15) is 0 Å². The number of benzene rings is 1. The second-order valence-corrected chi connectivity index (χ2v) is 4.79. The Hall–Kier alpha value is -1.77. The second kappa shape index (κ2) is 6.98. The molecule has 0 radical (unpaired) electrons. The number of hydrogen-bond donors (Lipinski definition) is 0. The highest BCUT2D eigenvalue weighted by atomic mass is 16.5. The van der Waals surface area contributed by atoms with Crippen molar-refractivity contribution in [1.82, 2.24) is 0 Å². The van der Waals surface area contributed by atoms with Gasteiger partial charge < -0.3 is 9.47 Å². The summed E-state index contributed by atoms with van der Waals surface area (Å²) >= 11 is 0. The van der Waals surface area contributed by atoms with E-state index in [0.29, 0.717) is 18.1 Å². The second-order valence-electron chi connectivity index (χ2n) is 4.79. The molecule has 0 N–H and O–H groups in total. The first kappa shape index (κ1) is 15.3. The molecule has 0 aromatic heterocycles. The van der Waals surface area contributed by atoms with Crippen molar-refractivity contribution in [1.29, 1.82) is 0 Å². The molecule has 0 spiro atoms. The van der Waals surface area contributed by atoms with E-state index in [4.69, 9.17) is 9.47 Å². The maximum absolute atomic E-state index is 11.4. The fourth-order valence-corrected chi connectivity index (χ4v) is 1.59. The zero-order valence-corrected chi connectivity index (χ0v) is 12.2. The molecule has 1 aromatic carbocycles. The van der Waals surface area contributed by atoms with Gasteiger partial charge >= 0.3 is 5.97 Å². The average Bonchev–Trinajstić information content (AvgIpc) is 2.37. The highest BCUT2D eigenvalue weighted by Crippen LogP contribution is 2.24. The third-order valence-electron chi connectivity index (χ3n) is 2.84. The van der Waals surface area contributed by atoms with Crippen LogP contribution in [0.1, 0.15) is 37.8 Å². The van der Waals surface area contributed by atoms with E-state index in [-0.39, 0.29) is 6.61 Å². The highest BCUT2D eigenvalue weighted by molar-refractivity contribution is 5.88. The summed E-state index contributed by atoms with van der Waals surface area (Å²) in [7, 11) is 0. The highest BCUT2D eigenvalue weighted by Gasteiger charge is 2.10. The van der Waals surface area contributed by atoms with Crippen molar-refractivity contribution >= 4 is 5.97 Å². The van der Waals surface area contributed by atoms with Gasteiger partial charge in [0.2, 0.25) is 0 Å². The van der Waals surface area contributed by atoms with E-state index in [1.165, 1.54) is 5.56 Å². The van der Waals surface area contributed by atoms with Gasteiger partial charge in [0.1, 0.15) is 12.4 Å². The minimum absolute atomic E-state index is 0.154. The summed E-state index contributed by atoms with van der Waals surface area (Å²) in [5, 5.41) is 0. The molecule has 19 heavy (non-hydrogen) atoms. The monoisotopic (exact) mass is 262 g/mol. The van der Waals surface area contributed by atoms with Gasteiger partial charge in [0.05, 0.1) is 12.2 Å². The fourth-order valence-electron chi connectivity index (χ4n) is 1.59. The van der Waals surface area contributed by atoms with Crippen LogP contribution >= 0.6 is 0 Å². The van der Waals surface area contributed by atoms with Crippen LogP contribution in [-0.4, -0.2) is 19.2 Å². The van der Waals surface area contributed by atoms with Crippen LogP contribution in [0.4, 0.5) is 0 Å². The molecule has 0 saturated heterocycles. The molecule has 1 aromatic rings. The van der Waals surface area contributed by atoms with Gasteiger partial charge in [-0.05, 0) is 37.0 Å². The molecular weight excluding hydrogens is 240 g/mol. The topological polar surface area (TPSA) is 35.5 Å². The number of carbonyl (C=O) groups is 1. The first-order chi connectivity index (χ1) is 8.95. The number of aryl methyl sites for hydroxylation is 1. The molecule has 104 valence electrons. The summed E-state index contributed by atoms with van der Waals surface area (Å²) in [6.45, 7) is 12.2. The molecule has 0 saturated carbocycles. The van der Waals surface area contributed by atoms with Crippen LogP contribution in [0.25, 0.3) is 0 Å². The summed E-state index contributed by atoms with van der Waals surface area (Å²) in [6, 6.07) is 6.13. The van der Waals surface area contributed by atoms with Crippen molar-refractivity contribution in [3.8, 4) is 5.75 Å². The van der Waals surface area contributed by atoms with Crippen molar-refractivity contribution in [2.75, 3.05) is 13.2 Å². The molecule has 0 unspecified atom stereocenters. The van der Waals surface area contributed by atoms with Crippen molar-refractivity contribution < 1.29 is 14.3 Å². The molecule has 0 bridgehead atoms. The summed E-state index contributed by atoms with van der Waals surface area (Å²) in [5.41, 5.74) is 2.58. The Morgan fingerprint density at radius 3 is 2.63 bits per heavy atom. The van der Waals surface area contributed by atoms with E-state index < -0.39 is 5.97 Å². The molecule has 0 atom stereocenters. The Balaban J connectivity index is 2.69. The largest absolute Gasteiger partial charge is 0.488 e. The van der Waals surface area contributed by atoms with Gasteiger partial charge in [0.15, 0.2) is 0 Å². The van der Waals surface area contributed by atoms with Crippen LogP contribution in [-0.2, 0) is 9.53 Å². The van der Waals surface area contributed by atoms with Crippen LogP contribution in [0.3, 0.4) is 0 Å². The van der Waals surface area contributed by atoms with Gasteiger partial charge in [-0.25, -0.2) is 4.79 Å². The normalized spacial score (nSPS) is 10.4. The molecule has 3 nitrogen and oxygen atoms in total. The maximum atomic E-state index is 11.4. The Morgan fingerprint density at radius 2 is 2.05 bits per heavy atom. The number of esters is 1. The predicted molar refractivity (Wildman–Crippen MR) is 76.5 cm³/mol. The minimum Gasteiger partial charge on any atom is -0.488 e. The zero-order chi connectivity index (χ0) is 14.4. The van der Waals surface area contributed by atoms with Gasteiger partial charge in [-0.15, -0.1) is 0 Å². The van der Waals surface area contributed by atoms with Crippen LogP contribution in [0.2, 0.25) is 0 Å². The van der Waals surface area contributed by atoms with E-state index in [0.717, 1.165) is 11.3 Å². The van der Waals surface area contributed by atoms with E-state index in [2.05, 4.69) is 26.5 Å². The predicted octanol–water partition coefficient (Wildman–Crippen LogP) is 3.62. The third-order valence-corrected chi connectivity index (χ3v) is 2.84. The average molecular weight is 262 g/mol. The van der Waals surface area contributed by atoms with Crippen LogP contribution in [0, 0.1) is 6.92 Å². The van der Waals surface area contributed by atoms with Crippen LogP contribution in [0.5, 0.6) is 5.75 Å². The van der Waals surface area contributed by atoms with Crippen molar-refractivity contribution in [2.24, 2.45) is 0 Å². The van der Waals surface area contributed by atoms with Gasteiger partial charge in [0.25, 0.3) is 0 Å². The fraction of sp³-hybridized carbons (Fsp3) is 0.438. The molecule has 0 aliphatic heterocycles. The minimum atomic E-state index is -0.403. The van der Waals surface area contributed by atoms with E-state index in [1.54, 1.807) is 6.92 Å². The number of ether oxygens (including phenoxy) is 2. The lowest BCUT2D eigenvalue weighted by Crippen LogP contribution is -2.13. The number of hydrogen-bond acceptors (Lipinski definition) is 3. The lowest BCUT2D eigenvalue weighted by Gasteiger charge is -2.13. The van der Waals surface area contributed by atoms with Gasteiger partial charge in [0, 0.05) is 0 Å². The molecule has 0 amide bonds. The molecule has 0 heterocycles. The molecule has 0 aliphatic rings. The third kappa shape index (κ3) is 4.43. The smallest absolute Gasteiger partial charge is 0.336 e. The molecule has 0 aliphatic carbocycles. The molecule has 1 rings (SSSR count). The zero-order valence-electron chi connectivity index (χ0n) is 12.2. The van der Waals surface area contributed by atoms with Gasteiger partial charge in [-0.3, -0.25) is 0 Å². The van der Waals surface area contributed by atoms with Gasteiger partial charge in [-0.1, -0.05) is 32.6 Å². The Labute approximate surface area is 115 Å². The van der Waals surface area contributed by atoms with Crippen molar-refractivity contribution in [3.05, 3.63) is 41.5 Å². The SMILES string of the molecule is C=C(COc1cc(C(C)C)ccc1C)C(=O)OCC. The van der Waals surface area contributed by atoms with Crippen LogP contribution < -0.4 is 4.74 Å². The van der Waals surface area contributed by atoms with Crippen LogP contribution in [0.15, 0.2) is 30.4 Å². The quantitative estimate of drug-likeness (QED) is 0.580. The summed E-state index contributed by atoms with van der Waals surface area (Å²) < 4.78 is 10.5. The van der Waals surface area contributed by atoms with Crippen molar-refractivity contribution in [3.63, 3.8) is 0 Å². The Bertz CT molecular complexity index is 461. The molecule has 0 fully saturated rings. The summed E-state index contributed by atoms with van der Waals surface area (Å²) in [5.74, 6) is 0.827. The number of rotatable bonds is 6. The molecule has 3 heteroatoms. The Kier molecular flexibility index (Phi) is 5.61. The number of carbonyl (C=O) groups excluding carboxylic acids is 1.